The van der Waals surface area contributed by atoms with E-state index >= 15 is 0 Å². The lowest BCUT2D eigenvalue weighted by Gasteiger charge is -2.06. The van der Waals surface area contributed by atoms with Crippen LogP contribution in [0, 0.1) is 20.8 Å². The van der Waals surface area contributed by atoms with E-state index in [1.165, 1.54) is 16.4 Å². The Bertz CT molecular complexity index is 1040. The summed E-state index contributed by atoms with van der Waals surface area (Å²) < 4.78 is 1.52. The monoisotopic (exact) mass is 404 g/mol. The molecule has 0 bridgehead atoms. The van der Waals surface area contributed by atoms with Crippen LogP contribution in [0.5, 0.6) is 0 Å². The number of carbonyl (C=O) groups is 1. The predicted octanol–water partition coefficient (Wildman–Crippen LogP) is 2.66. The van der Waals surface area contributed by atoms with E-state index in [0.717, 1.165) is 16.3 Å². The number of aromatic nitrogens is 5. The maximum Gasteiger partial charge on any atom is 0.274 e. The maximum atomic E-state index is 12.2. The summed E-state index contributed by atoms with van der Waals surface area (Å²) in [5, 5.41) is 15.6. The SMILES string of the molecule is Cc1nn(-c2nnc(C)c(=O)[nH]2)c(C)c1SCC(=O)Nc1ccc(Cl)cc1. The summed E-state index contributed by atoms with van der Waals surface area (Å²) in [5.41, 5.74) is 2.16. The first-order valence-electron chi connectivity index (χ1n) is 8.03. The van der Waals surface area contributed by atoms with Crippen LogP contribution in [-0.2, 0) is 4.79 Å². The molecule has 27 heavy (non-hydrogen) atoms. The van der Waals surface area contributed by atoms with E-state index in [1.807, 2.05) is 13.8 Å². The summed E-state index contributed by atoms with van der Waals surface area (Å²) in [4.78, 5) is 27.4. The van der Waals surface area contributed by atoms with E-state index in [-0.39, 0.29) is 28.9 Å². The van der Waals surface area contributed by atoms with Gasteiger partial charge in [0.1, 0.15) is 5.69 Å². The molecule has 2 aromatic heterocycles. The van der Waals surface area contributed by atoms with Crippen LogP contribution >= 0.6 is 23.4 Å². The first-order valence-corrected chi connectivity index (χ1v) is 9.40. The van der Waals surface area contributed by atoms with Gasteiger partial charge >= 0.3 is 0 Å². The van der Waals surface area contributed by atoms with Crippen molar-refractivity contribution in [3.63, 3.8) is 0 Å². The number of hydrogen-bond acceptors (Lipinski definition) is 6. The number of aromatic amines is 1. The number of H-pyrrole nitrogens is 1. The molecule has 0 radical (unpaired) electrons. The molecule has 0 fully saturated rings. The second kappa shape index (κ2) is 7.93. The zero-order valence-corrected chi connectivity index (χ0v) is 16.5. The molecule has 140 valence electrons. The van der Waals surface area contributed by atoms with Crippen LogP contribution in [0.2, 0.25) is 5.02 Å². The van der Waals surface area contributed by atoms with Gasteiger partial charge in [0.05, 0.1) is 22.0 Å². The van der Waals surface area contributed by atoms with Gasteiger partial charge in [-0.2, -0.15) is 5.10 Å². The highest BCUT2D eigenvalue weighted by Crippen LogP contribution is 2.27. The molecule has 0 saturated carbocycles. The smallest absolute Gasteiger partial charge is 0.274 e. The van der Waals surface area contributed by atoms with Crippen molar-refractivity contribution in [3.8, 4) is 5.95 Å². The number of rotatable bonds is 5. The summed E-state index contributed by atoms with van der Waals surface area (Å²) >= 11 is 7.20. The number of nitrogens with one attached hydrogen (secondary N) is 2. The van der Waals surface area contributed by atoms with Gasteiger partial charge in [0.25, 0.3) is 11.5 Å². The van der Waals surface area contributed by atoms with E-state index < -0.39 is 0 Å². The molecule has 0 aliphatic heterocycles. The van der Waals surface area contributed by atoms with E-state index in [9.17, 15) is 9.59 Å². The highest BCUT2D eigenvalue weighted by molar-refractivity contribution is 8.00. The van der Waals surface area contributed by atoms with Gasteiger partial charge in [0, 0.05) is 10.7 Å². The molecular formula is C17H17ClN6O2S. The molecule has 8 nitrogen and oxygen atoms in total. The number of aryl methyl sites for hydroxylation is 2. The average molecular weight is 405 g/mol. The lowest BCUT2D eigenvalue weighted by molar-refractivity contribution is -0.113. The third kappa shape index (κ3) is 4.37. The highest BCUT2D eigenvalue weighted by atomic mass is 35.5. The van der Waals surface area contributed by atoms with Crippen molar-refractivity contribution in [1.82, 2.24) is 25.0 Å². The van der Waals surface area contributed by atoms with Crippen LogP contribution in [0.25, 0.3) is 5.95 Å². The van der Waals surface area contributed by atoms with Crippen LogP contribution in [0.4, 0.5) is 5.69 Å². The zero-order valence-electron chi connectivity index (χ0n) is 14.9. The van der Waals surface area contributed by atoms with Crippen LogP contribution in [0.15, 0.2) is 34.0 Å². The Morgan fingerprint density at radius 1 is 1.19 bits per heavy atom. The van der Waals surface area contributed by atoms with Gasteiger partial charge in [-0.1, -0.05) is 11.6 Å². The van der Waals surface area contributed by atoms with Crippen molar-refractivity contribution in [1.29, 1.82) is 0 Å². The fourth-order valence-electron chi connectivity index (χ4n) is 2.39. The van der Waals surface area contributed by atoms with E-state index in [0.29, 0.717) is 10.7 Å². The molecule has 0 saturated heterocycles. The Morgan fingerprint density at radius 2 is 1.89 bits per heavy atom. The van der Waals surface area contributed by atoms with E-state index in [4.69, 9.17) is 11.6 Å². The Kier molecular flexibility index (Phi) is 5.62. The number of benzene rings is 1. The summed E-state index contributed by atoms with van der Waals surface area (Å²) in [6.45, 7) is 5.26. The van der Waals surface area contributed by atoms with Gasteiger partial charge in [0.15, 0.2) is 0 Å². The molecular weight excluding hydrogens is 388 g/mol. The summed E-state index contributed by atoms with van der Waals surface area (Å²) in [6, 6.07) is 6.91. The lowest BCUT2D eigenvalue weighted by Crippen LogP contribution is -2.18. The molecule has 0 aliphatic rings. The first-order chi connectivity index (χ1) is 12.8. The number of nitrogens with zero attached hydrogens (tertiary/aromatic N) is 4. The van der Waals surface area contributed by atoms with Crippen molar-refractivity contribution in [2.45, 2.75) is 25.7 Å². The minimum Gasteiger partial charge on any atom is -0.325 e. The first kappa shape index (κ1) is 19.1. The second-order valence-corrected chi connectivity index (χ2v) is 7.24. The molecule has 3 rings (SSSR count). The van der Waals surface area contributed by atoms with Gasteiger partial charge in [-0.15, -0.1) is 22.0 Å². The predicted molar refractivity (Wildman–Crippen MR) is 105 cm³/mol. The van der Waals surface area contributed by atoms with Crippen LogP contribution in [0.1, 0.15) is 17.1 Å². The Hall–Kier alpha value is -2.65. The van der Waals surface area contributed by atoms with Crippen molar-refractivity contribution in [2.75, 3.05) is 11.1 Å². The third-order valence-electron chi connectivity index (χ3n) is 3.75. The van der Waals surface area contributed by atoms with Crippen molar-refractivity contribution in [3.05, 3.63) is 56.7 Å². The maximum absolute atomic E-state index is 12.2. The largest absolute Gasteiger partial charge is 0.325 e. The number of anilines is 1. The molecule has 2 heterocycles. The van der Waals surface area contributed by atoms with Crippen LogP contribution in [0.3, 0.4) is 0 Å². The molecule has 0 spiro atoms. The van der Waals surface area contributed by atoms with Gasteiger partial charge in [-0.25, -0.2) is 4.68 Å². The molecule has 0 atom stereocenters. The minimum atomic E-state index is -0.316. The highest BCUT2D eigenvalue weighted by Gasteiger charge is 2.16. The quantitative estimate of drug-likeness (QED) is 0.633. The van der Waals surface area contributed by atoms with Crippen molar-refractivity contribution >= 4 is 35.0 Å². The number of hydrogen-bond donors (Lipinski definition) is 2. The Labute approximate surface area is 164 Å². The Morgan fingerprint density at radius 3 is 2.56 bits per heavy atom. The van der Waals surface area contributed by atoms with Crippen molar-refractivity contribution < 1.29 is 4.79 Å². The Balaban J connectivity index is 1.73. The van der Waals surface area contributed by atoms with Gasteiger partial charge in [0.2, 0.25) is 5.91 Å². The fourth-order valence-corrected chi connectivity index (χ4v) is 3.41. The lowest BCUT2D eigenvalue weighted by atomic mass is 10.3. The topological polar surface area (TPSA) is 106 Å². The number of halogens is 1. The van der Waals surface area contributed by atoms with E-state index in [1.54, 1.807) is 31.2 Å². The number of thioether (sulfide) groups is 1. The van der Waals surface area contributed by atoms with Gasteiger partial charge in [-0.05, 0) is 45.0 Å². The second-order valence-electron chi connectivity index (χ2n) is 5.82. The molecule has 1 aromatic carbocycles. The standard InChI is InChI=1S/C17H17ClN6O2S/c1-9-15(27-8-14(25)19-13-6-4-12(18)5-7-13)11(3)24(23-9)17-20-16(26)10(2)21-22-17/h4-7H,8H2,1-3H3,(H,19,25)(H,20,22,26). The normalized spacial score (nSPS) is 10.8. The number of amides is 1. The molecule has 3 aromatic rings. The van der Waals surface area contributed by atoms with Crippen molar-refractivity contribution in [2.24, 2.45) is 0 Å². The minimum absolute atomic E-state index is 0.141. The van der Waals surface area contributed by atoms with Crippen LogP contribution < -0.4 is 10.9 Å². The molecule has 0 aliphatic carbocycles. The third-order valence-corrected chi connectivity index (χ3v) is 5.29. The molecule has 2 N–H and O–H groups in total. The molecule has 10 heteroatoms. The summed E-state index contributed by atoms with van der Waals surface area (Å²) in [5.74, 6) is 0.313. The van der Waals surface area contributed by atoms with Crippen LogP contribution in [-0.4, -0.2) is 36.6 Å². The molecule has 0 unspecified atom stereocenters. The summed E-state index contributed by atoms with van der Waals surface area (Å²) in [6.07, 6.45) is 0. The number of carbonyl (C=O) groups excluding carboxylic acids is 1. The summed E-state index contributed by atoms with van der Waals surface area (Å²) in [7, 11) is 0. The van der Waals surface area contributed by atoms with E-state index in [2.05, 4.69) is 25.6 Å². The van der Waals surface area contributed by atoms with Gasteiger partial charge < -0.3 is 5.32 Å². The van der Waals surface area contributed by atoms with Gasteiger partial charge in [-0.3, -0.25) is 14.6 Å². The average Bonchev–Trinajstić information content (AvgIpc) is 2.92. The zero-order chi connectivity index (χ0) is 19.6. The fraction of sp³-hybridized carbons (Fsp3) is 0.235. The molecule has 1 amide bonds.